The van der Waals surface area contributed by atoms with Gasteiger partial charge in [0, 0.05) is 35.0 Å². The number of pyridine rings is 1. The summed E-state index contributed by atoms with van der Waals surface area (Å²) < 4.78 is 0.503. The van der Waals surface area contributed by atoms with Crippen LogP contribution in [0.1, 0.15) is 12.1 Å². The Morgan fingerprint density at radius 3 is 2.93 bits per heavy atom. The molecule has 3 aromatic rings. The molecular weight excluding hydrogens is 390 g/mol. The lowest BCUT2D eigenvalue weighted by molar-refractivity contribution is -0.114. The van der Waals surface area contributed by atoms with Crippen LogP contribution in [0.4, 0.5) is 5.69 Å². The molecule has 3 heterocycles. The Hall–Kier alpha value is -2.29. The number of H-pyrrole nitrogens is 1. The molecule has 8 heteroatoms. The molecule has 0 bridgehead atoms. The van der Waals surface area contributed by atoms with E-state index in [0.29, 0.717) is 11.3 Å². The highest BCUT2D eigenvalue weighted by Gasteiger charge is 2.18. The number of amides is 1. The van der Waals surface area contributed by atoms with E-state index in [9.17, 15) is 4.79 Å². The predicted octanol–water partition coefficient (Wildman–Crippen LogP) is 3.71. The van der Waals surface area contributed by atoms with Crippen LogP contribution in [0.15, 0.2) is 54.9 Å². The Balaban J connectivity index is 1.44. The van der Waals surface area contributed by atoms with Gasteiger partial charge in [-0.25, -0.2) is 0 Å². The lowest BCUT2D eigenvalue weighted by Gasteiger charge is -2.26. The van der Waals surface area contributed by atoms with Crippen molar-refractivity contribution < 1.29 is 4.79 Å². The molecule has 0 aliphatic carbocycles. The van der Waals surface area contributed by atoms with E-state index in [2.05, 4.69) is 20.5 Å². The fourth-order valence-corrected chi connectivity index (χ4v) is 4.50. The second-order valence-electron chi connectivity index (χ2n) is 6.28. The second kappa shape index (κ2) is 9.27. The van der Waals surface area contributed by atoms with Crippen LogP contribution in [-0.2, 0) is 4.79 Å². The van der Waals surface area contributed by atoms with Crippen LogP contribution in [0, 0.1) is 0 Å². The number of hydrogen-bond donors (Lipinski definition) is 2. The third kappa shape index (κ3) is 4.57. The molecule has 1 fully saturated rings. The number of nitrogens with zero attached hydrogens (tertiary/aromatic N) is 3. The molecule has 0 spiro atoms. The molecule has 0 saturated carbocycles. The van der Waals surface area contributed by atoms with E-state index in [1.54, 1.807) is 24.5 Å². The van der Waals surface area contributed by atoms with Gasteiger partial charge in [-0.05, 0) is 37.2 Å². The second-order valence-corrected chi connectivity index (χ2v) is 9.13. The lowest BCUT2D eigenvalue weighted by Crippen LogP contribution is -2.34. The van der Waals surface area contributed by atoms with Crippen LogP contribution >= 0.6 is 23.5 Å². The zero-order valence-corrected chi connectivity index (χ0v) is 16.9. The fraction of sp³-hybridized carbons (Fsp3) is 0.250. The summed E-state index contributed by atoms with van der Waals surface area (Å²) in [6.07, 6.45) is 7.69. The molecule has 1 saturated heterocycles. The highest BCUT2D eigenvalue weighted by Crippen LogP contribution is 2.36. The zero-order chi connectivity index (χ0) is 19.2. The average molecular weight is 412 g/mol. The summed E-state index contributed by atoms with van der Waals surface area (Å²) in [6.45, 7) is 1.55. The Bertz CT molecular complexity index is 955. The van der Waals surface area contributed by atoms with Crippen LogP contribution in [0.25, 0.3) is 17.0 Å². The molecule has 0 atom stereocenters. The minimum atomic E-state index is -0.0520. The summed E-state index contributed by atoms with van der Waals surface area (Å²) in [6, 6.07) is 11.7. The third-order valence-corrected chi connectivity index (χ3v) is 7.26. The summed E-state index contributed by atoms with van der Waals surface area (Å²) in [5.41, 5.74) is 2.49. The first-order valence-electron chi connectivity index (χ1n) is 9.10. The number of rotatable bonds is 8. The van der Waals surface area contributed by atoms with Gasteiger partial charge in [-0.15, -0.1) is 23.5 Å². The van der Waals surface area contributed by atoms with Gasteiger partial charge in [-0.1, -0.05) is 18.2 Å². The Morgan fingerprint density at radius 2 is 2.14 bits per heavy atom. The van der Waals surface area contributed by atoms with Crippen molar-refractivity contribution in [3.63, 3.8) is 0 Å². The van der Waals surface area contributed by atoms with Crippen LogP contribution in [0.5, 0.6) is 0 Å². The van der Waals surface area contributed by atoms with Crippen LogP contribution in [0.3, 0.4) is 0 Å². The van der Waals surface area contributed by atoms with Gasteiger partial charge in [0.15, 0.2) is 0 Å². The number of hydrogen-bond acceptors (Lipinski definition) is 6. The number of aromatic amines is 1. The van der Waals surface area contributed by atoms with Gasteiger partial charge < -0.3 is 4.90 Å². The van der Waals surface area contributed by atoms with Gasteiger partial charge in [-0.3, -0.25) is 20.2 Å². The maximum Gasteiger partial charge on any atom is 0.251 e. The molecule has 28 heavy (non-hydrogen) atoms. The van der Waals surface area contributed by atoms with Crippen molar-refractivity contribution in [3.05, 3.63) is 60.6 Å². The summed E-state index contributed by atoms with van der Waals surface area (Å²) in [7, 11) is 0. The zero-order valence-electron chi connectivity index (χ0n) is 15.2. The van der Waals surface area contributed by atoms with Crippen LogP contribution in [0.2, 0.25) is 0 Å². The molecule has 2 N–H and O–H groups in total. The number of para-hydroxylation sites is 1. The van der Waals surface area contributed by atoms with Crippen molar-refractivity contribution in [2.45, 2.75) is 11.1 Å². The Kier molecular flexibility index (Phi) is 6.31. The Labute approximate surface area is 172 Å². The number of fused-ring (bicyclic) bond motifs is 1. The quantitative estimate of drug-likeness (QED) is 0.435. The molecular formula is C20H21N5OS2. The van der Waals surface area contributed by atoms with Crippen molar-refractivity contribution in [3.8, 4) is 0 Å². The smallest absolute Gasteiger partial charge is 0.251 e. The molecule has 6 nitrogen and oxygen atoms in total. The summed E-state index contributed by atoms with van der Waals surface area (Å²) >= 11 is 3.84. The molecule has 1 aromatic carbocycles. The molecule has 0 unspecified atom stereocenters. The van der Waals surface area contributed by atoms with Gasteiger partial charge in [0.2, 0.25) is 0 Å². The number of thioether (sulfide) groups is 2. The van der Waals surface area contributed by atoms with Gasteiger partial charge in [0.25, 0.3) is 5.91 Å². The topological polar surface area (TPSA) is 73.9 Å². The summed E-state index contributed by atoms with van der Waals surface area (Å²) in [4.78, 5) is 18.8. The van der Waals surface area contributed by atoms with E-state index < -0.39 is 0 Å². The standard InChI is InChI=1S/C20H21N5OS2/c26-19(8-7-17-16-9-11-21-13-18(16)24-23-17)25(15-5-2-1-3-6-15)12-4-10-22-20-27-14-28-20/h1-3,5-9,11,13,20,22H,4,10,12,14H2,(H,23,24)/b8-7+. The highest BCUT2D eigenvalue weighted by atomic mass is 32.3. The molecule has 0 radical (unpaired) electrons. The van der Waals surface area contributed by atoms with Crippen LogP contribution < -0.4 is 10.2 Å². The molecule has 2 aromatic heterocycles. The fourth-order valence-electron chi connectivity index (χ4n) is 2.94. The molecule has 1 aliphatic heterocycles. The van der Waals surface area contributed by atoms with Crippen LogP contribution in [-0.4, -0.2) is 44.0 Å². The number of carbonyl (C=O) groups is 1. The number of benzene rings is 1. The average Bonchev–Trinajstić information content (AvgIpc) is 3.11. The molecule has 1 amide bonds. The highest BCUT2D eigenvalue weighted by molar-refractivity contribution is 8.32. The van der Waals surface area contributed by atoms with E-state index >= 15 is 0 Å². The van der Waals surface area contributed by atoms with Gasteiger partial charge in [0.05, 0.1) is 17.4 Å². The number of aromatic nitrogens is 3. The van der Waals surface area contributed by atoms with E-state index in [-0.39, 0.29) is 5.91 Å². The Morgan fingerprint density at radius 1 is 1.29 bits per heavy atom. The number of carbonyl (C=O) groups excluding carboxylic acids is 1. The van der Waals surface area contributed by atoms with Crippen molar-refractivity contribution >= 4 is 52.1 Å². The first-order valence-corrected chi connectivity index (χ1v) is 11.2. The maximum atomic E-state index is 12.9. The summed E-state index contributed by atoms with van der Waals surface area (Å²) in [5, 5.41) is 12.8. The first kappa shape index (κ1) is 19.0. The third-order valence-electron chi connectivity index (χ3n) is 4.42. The predicted molar refractivity (Wildman–Crippen MR) is 118 cm³/mol. The minimum Gasteiger partial charge on any atom is -0.309 e. The SMILES string of the molecule is O=C(/C=C/c1n[nH]c2cnccc12)N(CCCNC1SCS1)c1ccccc1. The number of anilines is 1. The van der Waals surface area contributed by atoms with E-state index in [1.165, 1.54) is 0 Å². The largest absolute Gasteiger partial charge is 0.309 e. The minimum absolute atomic E-state index is 0.0520. The monoisotopic (exact) mass is 411 g/mol. The summed E-state index contributed by atoms with van der Waals surface area (Å²) in [5.74, 6) is -0.0520. The first-order chi connectivity index (χ1) is 13.8. The molecule has 1 aliphatic rings. The molecule has 4 rings (SSSR count). The molecule has 144 valence electrons. The lowest BCUT2D eigenvalue weighted by atomic mass is 10.2. The maximum absolute atomic E-state index is 12.9. The van der Waals surface area contributed by atoms with Gasteiger partial charge in [0.1, 0.15) is 4.71 Å². The van der Waals surface area contributed by atoms with Gasteiger partial charge >= 0.3 is 0 Å². The van der Waals surface area contributed by atoms with E-state index in [0.717, 1.165) is 40.3 Å². The van der Waals surface area contributed by atoms with Crippen molar-refractivity contribution in [1.82, 2.24) is 20.5 Å². The van der Waals surface area contributed by atoms with Crippen molar-refractivity contribution in [1.29, 1.82) is 0 Å². The number of nitrogens with one attached hydrogen (secondary N) is 2. The normalized spacial score (nSPS) is 14.4. The van der Waals surface area contributed by atoms with Gasteiger partial charge in [-0.2, -0.15) is 5.10 Å². The van der Waals surface area contributed by atoms with E-state index in [1.807, 2.05) is 64.8 Å². The van der Waals surface area contributed by atoms with Crippen molar-refractivity contribution in [2.75, 3.05) is 23.1 Å². The van der Waals surface area contributed by atoms with E-state index in [4.69, 9.17) is 0 Å². The van der Waals surface area contributed by atoms with Crippen molar-refractivity contribution in [2.24, 2.45) is 0 Å².